The molecular formula is C21H26ClN3O4. The van der Waals surface area contributed by atoms with Crippen molar-refractivity contribution in [2.45, 2.75) is 38.8 Å². The number of esters is 1. The van der Waals surface area contributed by atoms with Gasteiger partial charge in [-0.05, 0) is 36.2 Å². The first-order chi connectivity index (χ1) is 13.9. The Balaban J connectivity index is 2.03. The molecule has 8 heteroatoms. The molecule has 2 atom stereocenters. The molecule has 3 N–H and O–H groups in total. The van der Waals surface area contributed by atoms with Gasteiger partial charge in [-0.1, -0.05) is 30.7 Å². The van der Waals surface area contributed by atoms with Gasteiger partial charge in [0.2, 0.25) is 5.91 Å². The zero-order valence-electron chi connectivity index (χ0n) is 16.5. The predicted octanol–water partition coefficient (Wildman–Crippen LogP) is 2.88. The number of aliphatic hydroxyl groups is 1. The molecule has 0 aliphatic heterocycles. The van der Waals surface area contributed by atoms with Gasteiger partial charge in [-0.25, -0.2) is 0 Å². The minimum absolute atomic E-state index is 0.0758. The predicted molar refractivity (Wildman–Crippen MR) is 112 cm³/mol. The summed E-state index contributed by atoms with van der Waals surface area (Å²) in [6, 6.07) is 10.3. The Hall–Kier alpha value is -2.64. The van der Waals surface area contributed by atoms with Gasteiger partial charge < -0.3 is 20.5 Å². The van der Waals surface area contributed by atoms with E-state index >= 15 is 0 Å². The molecule has 2 aromatic rings. The third-order valence-electron chi connectivity index (χ3n) is 4.30. The number of hydrogen-bond acceptors (Lipinski definition) is 6. The van der Waals surface area contributed by atoms with E-state index in [0.717, 1.165) is 11.3 Å². The molecular weight excluding hydrogens is 394 g/mol. The number of nitrogens with zero attached hydrogens (tertiary/aromatic N) is 1. The quantitative estimate of drug-likeness (QED) is 0.512. The summed E-state index contributed by atoms with van der Waals surface area (Å²) in [7, 11) is 0. The van der Waals surface area contributed by atoms with E-state index in [-0.39, 0.29) is 43.6 Å². The van der Waals surface area contributed by atoms with Crippen LogP contribution in [0.25, 0.3) is 0 Å². The molecule has 156 valence electrons. The lowest BCUT2D eigenvalue weighted by atomic mass is 10.1. The van der Waals surface area contributed by atoms with Crippen molar-refractivity contribution in [3.05, 3.63) is 58.9 Å². The van der Waals surface area contributed by atoms with Gasteiger partial charge in [0.25, 0.3) is 0 Å². The first kappa shape index (κ1) is 22.6. The molecule has 0 saturated carbocycles. The van der Waals surface area contributed by atoms with Crippen LogP contribution in [0.2, 0.25) is 5.02 Å². The van der Waals surface area contributed by atoms with Crippen molar-refractivity contribution >= 4 is 29.2 Å². The summed E-state index contributed by atoms with van der Waals surface area (Å²) < 4.78 is 5.15. The Kier molecular flexibility index (Phi) is 8.89. The number of benzene rings is 1. The standard InChI is InChI=1S/C21H26ClN3O4/c1-3-17(12-26)25-21(28)10-15-4-7-18(8-5-15)24-20(13-29-14(2)27)19-9-6-16(22)11-23-19/h4-9,11,17,20,24,26H,3,10,12-13H2,1-2H3,(H,25,28)/t17-,20+/m0/s1. The van der Waals surface area contributed by atoms with Crippen LogP contribution in [0.5, 0.6) is 0 Å². The second kappa shape index (κ2) is 11.4. The van der Waals surface area contributed by atoms with Crippen LogP contribution in [-0.4, -0.2) is 41.2 Å². The molecule has 1 aromatic carbocycles. The molecule has 0 spiro atoms. The molecule has 1 heterocycles. The van der Waals surface area contributed by atoms with Gasteiger partial charge >= 0.3 is 5.97 Å². The highest BCUT2D eigenvalue weighted by Gasteiger charge is 2.15. The van der Waals surface area contributed by atoms with E-state index in [1.54, 1.807) is 12.1 Å². The first-order valence-corrected chi connectivity index (χ1v) is 9.79. The monoisotopic (exact) mass is 419 g/mol. The van der Waals surface area contributed by atoms with Crippen molar-refractivity contribution in [3.8, 4) is 0 Å². The second-order valence-corrected chi connectivity index (χ2v) is 7.07. The average molecular weight is 420 g/mol. The van der Waals surface area contributed by atoms with Crippen molar-refractivity contribution in [1.29, 1.82) is 0 Å². The summed E-state index contributed by atoms with van der Waals surface area (Å²) in [6.45, 7) is 3.30. The number of hydrogen-bond donors (Lipinski definition) is 3. The molecule has 2 rings (SSSR count). The Morgan fingerprint density at radius 3 is 2.48 bits per heavy atom. The molecule has 1 aromatic heterocycles. The number of anilines is 1. The molecule has 29 heavy (non-hydrogen) atoms. The number of rotatable bonds is 10. The molecule has 7 nitrogen and oxygen atoms in total. The minimum atomic E-state index is -0.375. The number of ether oxygens (including phenoxy) is 1. The molecule has 0 aliphatic carbocycles. The highest BCUT2D eigenvalue weighted by Crippen LogP contribution is 2.20. The van der Waals surface area contributed by atoms with Gasteiger partial charge in [0.05, 0.1) is 29.8 Å². The van der Waals surface area contributed by atoms with Gasteiger partial charge in [0.15, 0.2) is 0 Å². The van der Waals surface area contributed by atoms with E-state index < -0.39 is 0 Å². The molecule has 1 amide bonds. The van der Waals surface area contributed by atoms with Gasteiger partial charge in [-0.3, -0.25) is 14.6 Å². The Bertz CT molecular complexity index is 793. The van der Waals surface area contributed by atoms with Crippen molar-refractivity contribution in [1.82, 2.24) is 10.3 Å². The van der Waals surface area contributed by atoms with Crippen LogP contribution < -0.4 is 10.6 Å². The Morgan fingerprint density at radius 2 is 1.93 bits per heavy atom. The van der Waals surface area contributed by atoms with E-state index in [9.17, 15) is 14.7 Å². The highest BCUT2D eigenvalue weighted by molar-refractivity contribution is 6.30. The molecule has 0 saturated heterocycles. The zero-order valence-corrected chi connectivity index (χ0v) is 17.3. The molecule has 0 aliphatic rings. The maximum Gasteiger partial charge on any atom is 0.302 e. The van der Waals surface area contributed by atoms with Crippen LogP contribution in [0.3, 0.4) is 0 Å². The molecule has 0 radical (unpaired) electrons. The summed E-state index contributed by atoms with van der Waals surface area (Å²) in [5.74, 6) is -0.509. The van der Waals surface area contributed by atoms with E-state index in [2.05, 4.69) is 15.6 Å². The third-order valence-corrected chi connectivity index (χ3v) is 4.52. The summed E-state index contributed by atoms with van der Waals surface area (Å²) in [4.78, 5) is 27.6. The Labute approximate surface area is 175 Å². The number of carbonyl (C=O) groups excluding carboxylic acids is 2. The largest absolute Gasteiger partial charge is 0.463 e. The van der Waals surface area contributed by atoms with Gasteiger partial charge in [0, 0.05) is 18.8 Å². The smallest absolute Gasteiger partial charge is 0.302 e. The number of aliphatic hydroxyl groups excluding tert-OH is 1. The summed E-state index contributed by atoms with van der Waals surface area (Å²) in [5, 5.41) is 15.8. The number of amides is 1. The summed E-state index contributed by atoms with van der Waals surface area (Å²) >= 11 is 5.90. The topological polar surface area (TPSA) is 101 Å². The SMILES string of the molecule is CC[C@@H](CO)NC(=O)Cc1ccc(N[C@H](COC(C)=O)c2ccc(Cl)cn2)cc1. The molecule has 0 bridgehead atoms. The van der Waals surface area contributed by atoms with Crippen LogP contribution in [0.4, 0.5) is 5.69 Å². The van der Waals surface area contributed by atoms with Crippen LogP contribution >= 0.6 is 11.6 Å². The second-order valence-electron chi connectivity index (χ2n) is 6.63. The first-order valence-electron chi connectivity index (χ1n) is 9.41. The van der Waals surface area contributed by atoms with Crippen LogP contribution in [0, 0.1) is 0 Å². The van der Waals surface area contributed by atoms with E-state index in [1.807, 2.05) is 31.2 Å². The molecule has 0 unspecified atom stereocenters. The van der Waals surface area contributed by atoms with Crippen molar-refractivity contribution < 1.29 is 19.4 Å². The van der Waals surface area contributed by atoms with Gasteiger partial charge in [-0.2, -0.15) is 0 Å². The van der Waals surface area contributed by atoms with Crippen molar-refractivity contribution in [2.75, 3.05) is 18.5 Å². The van der Waals surface area contributed by atoms with E-state index in [0.29, 0.717) is 17.1 Å². The zero-order chi connectivity index (χ0) is 21.2. The minimum Gasteiger partial charge on any atom is -0.463 e. The Morgan fingerprint density at radius 1 is 1.21 bits per heavy atom. The fourth-order valence-electron chi connectivity index (χ4n) is 2.66. The third kappa shape index (κ3) is 7.71. The molecule has 0 fully saturated rings. The summed E-state index contributed by atoms with van der Waals surface area (Å²) in [5.41, 5.74) is 2.33. The maximum absolute atomic E-state index is 12.1. The van der Waals surface area contributed by atoms with Gasteiger partial charge in [-0.15, -0.1) is 0 Å². The normalized spacial score (nSPS) is 12.7. The lowest BCUT2D eigenvalue weighted by Gasteiger charge is -2.19. The number of nitrogens with one attached hydrogen (secondary N) is 2. The van der Waals surface area contributed by atoms with Crippen LogP contribution in [-0.2, 0) is 20.7 Å². The number of carbonyl (C=O) groups is 2. The van der Waals surface area contributed by atoms with Gasteiger partial charge in [0.1, 0.15) is 12.6 Å². The highest BCUT2D eigenvalue weighted by atomic mass is 35.5. The lowest BCUT2D eigenvalue weighted by Crippen LogP contribution is -2.37. The fourth-order valence-corrected chi connectivity index (χ4v) is 2.77. The van der Waals surface area contributed by atoms with Crippen molar-refractivity contribution in [3.63, 3.8) is 0 Å². The fraction of sp³-hybridized carbons (Fsp3) is 0.381. The maximum atomic E-state index is 12.1. The number of aromatic nitrogens is 1. The average Bonchev–Trinajstić information content (AvgIpc) is 2.71. The van der Waals surface area contributed by atoms with E-state index in [4.69, 9.17) is 16.3 Å². The summed E-state index contributed by atoms with van der Waals surface area (Å²) in [6.07, 6.45) is 2.44. The van der Waals surface area contributed by atoms with E-state index in [1.165, 1.54) is 13.1 Å². The lowest BCUT2D eigenvalue weighted by molar-refractivity contribution is -0.141. The van der Waals surface area contributed by atoms with Crippen LogP contribution in [0.1, 0.15) is 37.6 Å². The number of pyridine rings is 1. The van der Waals surface area contributed by atoms with Crippen LogP contribution in [0.15, 0.2) is 42.6 Å². The number of halogens is 1. The van der Waals surface area contributed by atoms with Crippen molar-refractivity contribution in [2.24, 2.45) is 0 Å².